The van der Waals surface area contributed by atoms with Crippen molar-refractivity contribution in [1.29, 1.82) is 0 Å². The summed E-state index contributed by atoms with van der Waals surface area (Å²) in [5.41, 5.74) is 9.29. The Morgan fingerprint density at radius 2 is 1.90 bits per heavy atom. The monoisotopic (exact) mass is 285 g/mol. The second-order valence-corrected chi connectivity index (χ2v) is 5.46. The summed E-state index contributed by atoms with van der Waals surface area (Å²) in [4.78, 5) is 0. The number of aryl methyl sites for hydroxylation is 1. The molecule has 0 radical (unpaired) electrons. The first-order valence-corrected chi connectivity index (χ1v) is 7.19. The van der Waals surface area contributed by atoms with E-state index in [2.05, 4.69) is 19.1 Å². The molecule has 0 aliphatic heterocycles. The minimum absolute atomic E-state index is 0.168. The molecule has 112 valence electrons. The standard InChI is InChI=1S/C18H23NO2/c1-13-9-15(10-14(2)19)7-8-18(13)21-17-6-4-5-16(11-17)12-20-3/h4-9,11,14H,10,12,19H2,1-3H3. The molecule has 21 heavy (non-hydrogen) atoms. The lowest BCUT2D eigenvalue weighted by Gasteiger charge is -2.12. The summed E-state index contributed by atoms with van der Waals surface area (Å²) < 4.78 is 11.1. The molecular weight excluding hydrogens is 262 g/mol. The quantitative estimate of drug-likeness (QED) is 0.877. The normalized spacial score (nSPS) is 12.2. The highest BCUT2D eigenvalue weighted by Crippen LogP contribution is 2.26. The van der Waals surface area contributed by atoms with Crippen LogP contribution in [-0.2, 0) is 17.8 Å². The highest BCUT2D eigenvalue weighted by atomic mass is 16.5. The van der Waals surface area contributed by atoms with E-state index in [1.807, 2.05) is 37.3 Å². The van der Waals surface area contributed by atoms with E-state index >= 15 is 0 Å². The van der Waals surface area contributed by atoms with E-state index in [4.69, 9.17) is 15.2 Å². The van der Waals surface area contributed by atoms with Crippen LogP contribution in [0.4, 0.5) is 0 Å². The molecule has 3 nitrogen and oxygen atoms in total. The third-order valence-electron chi connectivity index (χ3n) is 3.23. The first-order valence-electron chi connectivity index (χ1n) is 7.19. The Hall–Kier alpha value is -1.84. The highest BCUT2D eigenvalue weighted by molar-refractivity contribution is 5.40. The van der Waals surface area contributed by atoms with Gasteiger partial charge in [0, 0.05) is 13.2 Å². The number of rotatable bonds is 6. The van der Waals surface area contributed by atoms with Crippen LogP contribution in [0, 0.1) is 6.92 Å². The highest BCUT2D eigenvalue weighted by Gasteiger charge is 2.05. The van der Waals surface area contributed by atoms with Crippen molar-refractivity contribution >= 4 is 0 Å². The SMILES string of the molecule is COCc1cccc(Oc2ccc(CC(C)N)cc2C)c1. The molecule has 2 rings (SSSR count). The summed E-state index contributed by atoms with van der Waals surface area (Å²) in [7, 11) is 1.69. The molecule has 0 saturated carbocycles. The third kappa shape index (κ3) is 4.59. The molecule has 0 fully saturated rings. The minimum Gasteiger partial charge on any atom is -0.457 e. The zero-order chi connectivity index (χ0) is 15.2. The van der Waals surface area contributed by atoms with Gasteiger partial charge < -0.3 is 15.2 Å². The van der Waals surface area contributed by atoms with Crippen LogP contribution in [0.25, 0.3) is 0 Å². The summed E-state index contributed by atoms with van der Waals surface area (Å²) >= 11 is 0. The number of nitrogens with two attached hydrogens (primary N) is 1. The van der Waals surface area contributed by atoms with E-state index in [9.17, 15) is 0 Å². The predicted molar refractivity (Wildman–Crippen MR) is 85.8 cm³/mol. The van der Waals surface area contributed by atoms with Crippen molar-refractivity contribution in [3.8, 4) is 11.5 Å². The van der Waals surface area contributed by atoms with E-state index in [1.54, 1.807) is 7.11 Å². The van der Waals surface area contributed by atoms with Gasteiger partial charge in [0.2, 0.25) is 0 Å². The minimum atomic E-state index is 0.168. The molecule has 2 aromatic carbocycles. The van der Waals surface area contributed by atoms with Gasteiger partial charge in [-0.2, -0.15) is 0 Å². The number of ether oxygens (including phenoxy) is 2. The summed E-state index contributed by atoms with van der Waals surface area (Å²) in [5, 5.41) is 0. The molecule has 1 unspecified atom stereocenters. The van der Waals surface area contributed by atoms with Crippen LogP contribution in [0.5, 0.6) is 11.5 Å². The van der Waals surface area contributed by atoms with Crippen LogP contribution in [0.3, 0.4) is 0 Å². The first kappa shape index (κ1) is 15.5. The van der Waals surface area contributed by atoms with Gasteiger partial charge >= 0.3 is 0 Å². The molecule has 0 aliphatic rings. The van der Waals surface area contributed by atoms with Crippen molar-refractivity contribution in [2.45, 2.75) is 32.9 Å². The molecule has 0 spiro atoms. The summed E-state index contributed by atoms with van der Waals surface area (Å²) in [5.74, 6) is 1.70. The Morgan fingerprint density at radius 3 is 2.57 bits per heavy atom. The van der Waals surface area contributed by atoms with Gasteiger partial charge in [0.05, 0.1) is 6.61 Å². The van der Waals surface area contributed by atoms with E-state index in [0.29, 0.717) is 6.61 Å². The van der Waals surface area contributed by atoms with Gasteiger partial charge in [0.25, 0.3) is 0 Å². The molecule has 0 aliphatic carbocycles. The van der Waals surface area contributed by atoms with Crippen molar-refractivity contribution in [2.24, 2.45) is 5.73 Å². The first-order chi connectivity index (χ1) is 10.1. The van der Waals surface area contributed by atoms with Crippen LogP contribution >= 0.6 is 0 Å². The lowest BCUT2D eigenvalue weighted by molar-refractivity contribution is 0.184. The van der Waals surface area contributed by atoms with Crippen molar-refractivity contribution in [3.63, 3.8) is 0 Å². The average Bonchev–Trinajstić information content (AvgIpc) is 2.42. The molecule has 1 atom stereocenters. The predicted octanol–water partition coefficient (Wildman–Crippen LogP) is 3.82. The van der Waals surface area contributed by atoms with Crippen LogP contribution in [-0.4, -0.2) is 13.2 Å². The fourth-order valence-corrected chi connectivity index (χ4v) is 2.32. The maximum atomic E-state index is 5.97. The number of methoxy groups -OCH3 is 1. The molecule has 0 aromatic heterocycles. The second-order valence-electron chi connectivity index (χ2n) is 5.46. The average molecular weight is 285 g/mol. The molecule has 2 N–H and O–H groups in total. The topological polar surface area (TPSA) is 44.5 Å². The molecule has 2 aromatic rings. The largest absolute Gasteiger partial charge is 0.457 e. The van der Waals surface area contributed by atoms with Gasteiger partial charge in [0.1, 0.15) is 11.5 Å². The number of hydrogen-bond acceptors (Lipinski definition) is 3. The van der Waals surface area contributed by atoms with E-state index < -0.39 is 0 Å². The molecule has 3 heteroatoms. The maximum Gasteiger partial charge on any atom is 0.130 e. The maximum absolute atomic E-state index is 5.97. The Kier molecular flexibility index (Phi) is 5.37. The zero-order valence-electron chi connectivity index (χ0n) is 12.9. The van der Waals surface area contributed by atoms with Gasteiger partial charge in [-0.15, -0.1) is 0 Å². The van der Waals surface area contributed by atoms with Crippen molar-refractivity contribution in [2.75, 3.05) is 7.11 Å². The Balaban J connectivity index is 2.14. The van der Waals surface area contributed by atoms with Crippen LogP contribution < -0.4 is 10.5 Å². The van der Waals surface area contributed by atoms with Crippen molar-refractivity contribution in [3.05, 3.63) is 59.2 Å². The molecule has 0 amide bonds. The fraction of sp³-hybridized carbons (Fsp3) is 0.333. The summed E-state index contributed by atoms with van der Waals surface area (Å²) in [6.45, 7) is 4.66. The third-order valence-corrected chi connectivity index (χ3v) is 3.23. The zero-order valence-corrected chi connectivity index (χ0v) is 12.9. The number of hydrogen-bond donors (Lipinski definition) is 1. The van der Waals surface area contributed by atoms with Crippen molar-refractivity contribution < 1.29 is 9.47 Å². The van der Waals surface area contributed by atoms with E-state index in [-0.39, 0.29) is 6.04 Å². The smallest absolute Gasteiger partial charge is 0.130 e. The van der Waals surface area contributed by atoms with E-state index in [1.165, 1.54) is 5.56 Å². The van der Waals surface area contributed by atoms with Crippen molar-refractivity contribution in [1.82, 2.24) is 0 Å². The fourth-order valence-electron chi connectivity index (χ4n) is 2.32. The summed E-state index contributed by atoms with van der Waals surface area (Å²) in [6, 6.07) is 14.3. The molecule has 0 heterocycles. The number of benzene rings is 2. The lowest BCUT2D eigenvalue weighted by Crippen LogP contribution is -2.17. The molecule has 0 bridgehead atoms. The van der Waals surface area contributed by atoms with Crippen LogP contribution in [0.2, 0.25) is 0 Å². The second kappa shape index (κ2) is 7.25. The molecular formula is C18H23NO2. The Labute approximate surface area is 126 Å². The van der Waals surface area contributed by atoms with Gasteiger partial charge in [0.15, 0.2) is 0 Å². The Bertz CT molecular complexity index is 594. The lowest BCUT2D eigenvalue weighted by atomic mass is 10.0. The van der Waals surface area contributed by atoms with Crippen LogP contribution in [0.1, 0.15) is 23.6 Å². The van der Waals surface area contributed by atoms with Gasteiger partial charge in [-0.25, -0.2) is 0 Å². The van der Waals surface area contributed by atoms with Crippen LogP contribution in [0.15, 0.2) is 42.5 Å². The van der Waals surface area contributed by atoms with E-state index in [0.717, 1.165) is 29.0 Å². The Morgan fingerprint density at radius 1 is 1.10 bits per heavy atom. The van der Waals surface area contributed by atoms with Gasteiger partial charge in [-0.05, 0) is 55.2 Å². The van der Waals surface area contributed by atoms with Gasteiger partial charge in [-0.3, -0.25) is 0 Å². The van der Waals surface area contributed by atoms with Gasteiger partial charge in [-0.1, -0.05) is 24.3 Å². The molecule has 0 saturated heterocycles. The summed E-state index contributed by atoms with van der Waals surface area (Å²) in [6.07, 6.45) is 0.879.